The summed E-state index contributed by atoms with van der Waals surface area (Å²) in [4.78, 5) is 12.7. The van der Waals surface area contributed by atoms with Gasteiger partial charge in [-0.1, -0.05) is 72.4 Å². The highest BCUT2D eigenvalue weighted by Gasteiger charge is 2.16. The Labute approximate surface area is 209 Å². The molecule has 0 N–H and O–H groups in total. The van der Waals surface area contributed by atoms with Crippen LogP contribution in [0, 0.1) is 0 Å². The number of aromatic nitrogens is 3. The molecule has 8 heteroatoms. The molecule has 1 aromatic heterocycles. The number of rotatable bonds is 12. The van der Waals surface area contributed by atoms with Crippen LogP contribution in [-0.2, 0) is 17.9 Å². The highest BCUT2D eigenvalue weighted by atomic mass is 32.2. The van der Waals surface area contributed by atoms with Crippen LogP contribution < -0.4 is 9.47 Å². The minimum absolute atomic E-state index is 0.00946. The van der Waals surface area contributed by atoms with Crippen LogP contribution in [0.15, 0.2) is 84.0 Å². The summed E-state index contributed by atoms with van der Waals surface area (Å²) < 4.78 is 18.6. The van der Waals surface area contributed by atoms with E-state index in [0.717, 1.165) is 16.9 Å². The number of hydrogen-bond acceptors (Lipinski definition) is 7. The lowest BCUT2D eigenvalue weighted by Crippen LogP contribution is -2.12. The molecule has 0 amide bonds. The fourth-order valence-corrected chi connectivity index (χ4v) is 4.42. The largest absolute Gasteiger partial charge is 0.497 e. The van der Waals surface area contributed by atoms with E-state index >= 15 is 0 Å². The number of para-hydroxylation sites is 1. The SMILES string of the molecule is COCCn1c(COc2ccccc2-c2ccccc2)nnc1SCC(=O)c1cccc(OC)c1. The summed E-state index contributed by atoms with van der Waals surface area (Å²) >= 11 is 1.34. The molecule has 0 spiro atoms. The van der Waals surface area contributed by atoms with Gasteiger partial charge in [0.25, 0.3) is 0 Å². The second-order valence-electron chi connectivity index (χ2n) is 7.64. The van der Waals surface area contributed by atoms with E-state index in [9.17, 15) is 4.79 Å². The first-order valence-corrected chi connectivity index (χ1v) is 12.2. The molecule has 180 valence electrons. The minimum Gasteiger partial charge on any atom is -0.497 e. The Balaban J connectivity index is 1.48. The lowest BCUT2D eigenvalue weighted by molar-refractivity contribution is 0.102. The number of methoxy groups -OCH3 is 2. The fourth-order valence-electron chi connectivity index (χ4n) is 3.54. The first-order valence-electron chi connectivity index (χ1n) is 11.2. The van der Waals surface area contributed by atoms with Crippen molar-refractivity contribution in [2.75, 3.05) is 26.6 Å². The predicted molar refractivity (Wildman–Crippen MR) is 136 cm³/mol. The summed E-state index contributed by atoms with van der Waals surface area (Å²) in [5, 5.41) is 9.32. The highest BCUT2D eigenvalue weighted by molar-refractivity contribution is 7.99. The van der Waals surface area contributed by atoms with Crippen molar-refractivity contribution in [1.29, 1.82) is 0 Å². The maximum absolute atomic E-state index is 12.7. The summed E-state index contributed by atoms with van der Waals surface area (Å²) in [7, 11) is 3.23. The molecule has 0 bridgehead atoms. The zero-order chi connectivity index (χ0) is 24.5. The van der Waals surface area contributed by atoms with Crippen LogP contribution in [0.5, 0.6) is 11.5 Å². The van der Waals surface area contributed by atoms with Crippen molar-refractivity contribution in [3.05, 3.63) is 90.3 Å². The third-order valence-corrected chi connectivity index (χ3v) is 6.33. The molecule has 35 heavy (non-hydrogen) atoms. The van der Waals surface area contributed by atoms with Gasteiger partial charge in [-0.25, -0.2) is 0 Å². The number of ketones is 1. The molecule has 3 aromatic carbocycles. The van der Waals surface area contributed by atoms with Gasteiger partial charge in [-0.3, -0.25) is 4.79 Å². The van der Waals surface area contributed by atoms with Crippen molar-refractivity contribution in [2.24, 2.45) is 0 Å². The minimum atomic E-state index is -0.00946. The summed E-state index contributed by atoms with van der Waals surface area (Å²) in [6, 6.07) is 25.2. The summed E-state index contributed by atoms with van der Waals surface area (Å²) in [6.07, 6.45) is 0. The molecule has 1 heterocycles. The maximum Gasteiger partial charge on any atom is 0.191 e. The molecule has 4 aromatic rings. The van der Waals surface area contributed by atoms with Gasteiger partial charge in [0.15, 0.2) is 16.8 Å². The molecule has 0 saturated heterocycles. The molecular weight excluding hydrogens is 462 g/mol. The van der Waals surface area contributed by atoms with Crippen molar-refractivity contribution >= 4 is 17.5 Å². The molecule has 0 atom stereocenters. The highest BCUT2D eigenvalue weighted by Crippen LogP contribution is 2.30. The second-order valence-corrected chi connectivity index (χ2v) is 8.58. The first kappa shape index (κ1) is 24.5. The zero-order valence-electron chi connectivity index (χ0n) is 19.7. The standard InChI is InChI=1S/C27H27N3O4S/c1-32-16-15-30-26(18-34-25-14-7-6-13-23(25)20-9-4-3-5-10-20)28-29-27(30)35-19-24(31)21-11-8-12-22(17-21)33-2/h3-14,17H,15-16,18-19H2,1-2H3. The monoisotopic (exact) mass is 489 g/mol. The Morgan fingerprint density at radius 3 is 2.54 bits per heavy atom. The van der Waals surface area contributed by atoms with E-state index in [1.807, 2.05) is 53.1 Å². The summed E-state index contributed by atoms with van der Waals surface area (Å²) in [5.74, 6) is 2.31. The van der Waals surface area contributed by atoms with Gasteiger partial charge in [0, 0.05) is 24.8 Å². The van der Waals surface area contributed by atoms with Crippen molar-refractivity contribution in [2.45, 2.75) is 18.3 Å². The van der Waals surface area contributed by atoms with Gasteiger partial charge in [0.05, 0.1) is 19.5 Å². The lowest BCUT2D eigenvalue weighted by Gasteiger charge is -2.13. The van der Waals surface area contributed by atoms with Gasteiger partial charge < -0.3 is 18.8 Å². The quantitative estimate of drug-likeness (QED) is 0.201. The van der Waals surface area contributed by atoms with Gasteiger partial charge in [-0.2, -0.15) is 0 Å². The van der Waals surface area contributed by atoms with Crippen LogP contribution in [0.2, 0.25) is 0 Å². The fraction of sp³-hybridized carbons (Fsp3) is 0.222. The van der Waals surface area contributed by atoms with E-state index in [2.05, 4.69) is 22.3 Å². The van der Waals surface area contributed by atoms with Crippen LogP contribution in [0.3, 0.4) is 0 Å². The molecule has 0 saturated carbocycles. The molecule has 0 unspecified atom stereocenters. The predicted octanol–water partition coefficient (Wildman–Crippen LogP) is 5.15. The number of thioether (sulfide) groups is 1. The van der Waals surface area contributed by atoms with E-state index in [0.29, 0.717) is 35.4 Å². The van der Waals surface area contributed by atoms with Crippen molar-refractivity contribution in [1.82, 2.24) is 14.8 Å². The van der Waals surface area contributed by atoms with Crippen LogP contribution in [0.1, 0.15) is 16.2 Å². The average molecular weight is 490 g/mol. The summed E-state index contributed by atoms with van der Waals surface area (Å²) in [5.41, 5.74) is 2.69. The molecule has 0 aliphatic carbocycles. The van der Waals surface area contributed by atoms with E-state index in [4.69, 9.17) is 14.2 Å². The number of nitrogens with zero attached hydrogens (tertiary/aromatic N) is 3. The Kier molecular flexibility index (Phi) is 8.53. The van der Waals surface area contributed by atoms with E-state index < -0.39 is 0 Å². The third kappa shape index (κ3) is 6.29. The number of Topliss-reactive ketones (excluding diaryl/α,β-unsaturated/α-hetero) is 1. The lowest BCUT2D eigenvalue weighted by atomic mass is 10.1. The maximum atomic E-state index is 12.7. The van der Waals surface area contributed by atoms with Crippen LogP contribution in [-0.4, -0.2) is 47.1 Å². The van der Waals surface area contributed by atoms with Crippen LogP contribution in [0.4, 0.5) is 0 Å². The molecule has 0 fully saturated rings. The first-order chi connectivity index (χ1) is 17.2. The Bertz CT molecular complexity index is 1260. The topological polar surface area (TPSA) is 75.5 Å². The smallest absolute Gasteiger partial charge is 0.191 e. The van der Waals surface area contributed by atoms with Gasteiger partial charge >= 0.3 is 0 Å². The normalized spacial score (nSPS) is 10.8. The molecule has 0 aliphatic heterocycles. The Morgan fingerprint density at radius 2 is 1.74 bits per heavy atom. The molecule has 7 nitrogen and oxygen atoms in total. The number of carbonyl (C=O) groups excluding carboxylic acids is 1. The number of ether oxygens (including phenoxy) is 3. The average Bonchev–Trinajstić information content (AvgIpc) is 3.31. The van der Waals surface area contributed by atoms with Gasteiger partial charge in [0.2, 0.25) is 0 Å². The van der Waals surface area contributed by atoms with Crippen molar-refractivity contribution in [3.8, 4) is 22.6 Å². The number of hydrogen-bond donors (Lipinski definition) is 0. The van der Waals surface area contributed by atoms with Crippen molar-refractivity contribution < 1.29 is 19.0 Å². The van der Waals surface area contributed by atoms with Crippen LogP contribution in [0.25, 0.3) is 11.1 Å². The van der Waals surface area contributed by atoms with E-state index in [1.54, 1.807) is 32.4 Å². The van der Waals surface area contributed by atoms with Gasteiger partial charge in [-0.05, 0) is 23.8 Å². The molecule has 4 rings (SSSR count). The van der Waals surface area contributed by atoms with Crippen molar-refractivity contribution in [3.63, 3.8) is 0 Å². The number of carbonyl (C=O) groups is 1. The van der Waals surface area contributed by atoms with Gasteiger partial charge in [-0.15, -0.1) is 10.2 Å². The Morgan fingerprint density at radius 1 is 0.943 bits per heavy atom. The molecule has 0 aliphatic rings. The third-order valence-electron chi connectivity index (χ3n) is 5.37. The zero-order valence-corrected chi connectivity index (χ0v) is 20.5. The van der Waals surface area contributed by atoms with E-state index in [-0.39, 0.29) is 18.1 Å². The number of benzene rings is 3. The van der Waals surface area contributed by atoms with E-state index in [1.165, 1.54) is 11.8 Å². The van der Waals surface area contributed by atoms with Crippen LogP contribution >= 0.6 is 11.8 Å². The Hall–Kier alpha value is -3.62. The van der Waals surface area contributed by atoms with Gasteiger partial charge in [0.1, 0.15) is 18.1 Å². The molecular formula is C27H27N3O4S. The molecule has 0 radical (unpaired) electrons. The summed E-state index contributed by atoms with van der Waals surface area (Å²) in [6.45, 7) is 1.28. The second kappa shape index (κ2) is 12.2.